The molecule has 8 heteroatoms. The van der Waals surface area contributed by atoms with Crippen molar-refractivity contribution in [2.45, 2.75) is 95.4 Å². The van der Waals surface area contributed by atoms with Gasteiger partial charge in [0.1, 0.15) is 11.9 Å². The number of nitrogens with one attached hydrogen (secondary N) is 2. The number of carbonyl (C=O) groups is 1. The molecule has 0 unspecified atom stereocenters. The summed E-state index contributed by atoms with van der Waals surface area (Å²) in [5.74, 6) is 3.31. The maximum absolute atomic E-state index is 13.6. The zero-order valence-corrected chi connectivity index (χ0v) is 20.7. The van der Waals surface area contributed by atoms with Crippen LogP contribution in [0.25, 0.3) is 0 Å². The van der Waals surface area contributed by atoms with Crippen molar-refractivity contribution in [3.63, 3.8) is 0 Å². The molecule has 4 fully saturated rings. The number of aryl methyl sites for hydroxylation is 1. The maximum Gasteiger partial charge on any atom is 0.245 e. The normalized spacial score (nSPS) is 25.4. The third-order valence-electron chi connectivity index (χ3n) is 9.45. The fourth-order valence-corrected chi connectivity index (χ4v) is 6.97. The second kappa shape index (κ2) is 8.49. The number of anilines is 3. The van der Waals surface area contributed by atoms with Crippen molar-refractivity contribution in [3.8, 4) is 0 Å². The Bertz CT molecular complexity index is 1110. The van der Waals surface area contributed by atoms with Gasteiger partial charge in [0.2, 0.25) is 11.9 Å². The van der Waals surface area contributed by atoms with Gasteiger partial charge in [-0.25, -0.2) is 4.98 Å². The Morgan fingerprint density at radius 1 is 0.971 bits per heavy atom. The summed E-state index contributed by atoms with van der Waals surface area (Å²) >= 11 is 0. The first-order chi connectivity index (χ1) is 17.2. The second-order valence-corrected chi connectivity index (χ2v) is 11.6. The molecule has 4 heterocycles. The number of likely N-dealkylation sites (tertiary alicyclic amines) is 1. The van der Waals surface area contributed by atoms with Crippen LogP contribution in [0.3, 0.4) is 0 Å². The van der Waals surface area contributed by atoms with Gasteiger partial charge in [0.05, 0.1) is 5.69 Å². The molecular formula is C27H37N7O. The molecular weight excluding hydrogens is 438 g/mol. The number of rotatable bonds is 5. The Morgan fingerprint density at radius 2 is 1.80 bits per heavy atom. The van der Waals surface area contributed by atoms with E-state index in [9.17, 15) is 4.79 Å². The van der Waals surface area contributed by atoms with Crippen molar-refractivity contribution < 1.29 is 4.79 Å². The predicted octanol–water partition coefficient (Wildman–Crippen LogP) is 4.46. The van der Waals surface area contributed by atoms with E-state index in [1.807, 2.05) is 0 Å². The van der Waals surface area contributed by atoms with Crippen LogP contribution in [0.1, 0.15) is 93.5 Å². The Kier molecular flexibility index (Phi) is 5.24. The average molecular weight is 476 g/mol. The number of nitrogens with zero attached hydrogens (tertiary/aromatic N) is 5. The van der Waals surface area contributed by atoms with Crippen molar-refractivity contribution in [1.82, 2.24) is 25.1 Å². The molecule has 3 aliphatic carbocycles. The van der Waals surface area contributed by atoms with E-state index in [4.69, 9.17) is 9.97 Å². The monoisotopic (exact) mass is 475 g/mol. The molecule has 1 amide bonds. The van der Waals surface area contributed by atoms with Crippen LogP contribution < -0.4 is 10.2 Å². The lowest BCUT2D eigenvalue weighted by Crippen LogP contribution is -2.49. The van der Waals surface area contributed by atoms with Crippen LogP contribution >= 0.6 is 0 Å². The predicted molar refractivity (Wildman–Crippen MR) is 135 cm³/mol. The van der Waals surface area contributed by atoms with Crippen molar-refractivity contribution in [2.75, 3.05) is 29.9 Å². The number of H-pyrrole nitrogens is 1. The smallest absolute Gasteiger partial charge is 0.245 e. The van der Waals surface area contributed by atoms with E-state index >= 15 is 0 Å². The van der Waals surface area contributed by atoms with Gasteiger partial charge in [-0.05, 0) is 76.0 Å². The summed E-state index contributed by atoms with van der Waals surface area (Å²) in [6.45, 7) is 2.69. The summed E-state index contributed by atoms with van der Waals surface area (Å²) in [5.41, 5.74) is 4.16. The molecule has 186 valence electrons. The molecule has 2 aliphatic heterocycles. The van der Waals surface area contributed by atoms with E-state index in [1.54, 1.807) is 0 Å². The Labute approximate surface area is 207 Å². The molecule has 2 saturated carbocycles. The fraction of sp³-hybridized carbons (Fsp3) is 0.704. The average Bonchev–Trinajstić information content (AvgIpc) is 3.48. The van der Waals surface area contributed by atoms with E-state index in [0.717, 1.165) is 69.1 Å². The lowest BCUT2D eigenvalue weighted by Gasteiger charge is -2.35. The lowest BCUT2D eigenvalue weighted by molar-refractivity contribution is -0.134. The Balaban J connectivity index is 1.12. The van der Waals surface area contributed by atoms with Crippen LogP contribution in [0.15, 0.2) is 6.07 Å². The standard InChI is InChI=1S/C27H37N7O/c35-25(33-15-12-27(10-11-27)13-16-33)22-9-4-14-34(22)26-28-20-8-3-7-19(20)24(30-26)29-23-17-21(31-32-23)18-5-1-2-6-18/h17-18,22H,1-16H2,(H2,28,29,30,31,32)/t22-/m0/s1. The van der Waals surface area contributed by atoms with E-state index in [1.165, 1.54) is 62.6 Å². The SMILES string of the molecule is O=C([C@@H]1CCCN1c1nc2c(c(Nc3cc(C4CCCC4)[nH]n3)n1)CCC2)N1CCC2(CC1)CC2. The Hall–Kier alpha value is -2.64. The number of hydrogen-bond acceptors (Lipinski definition) is 6. The van der Waals surface area contributed by atoms with Crippen molar-refractivity contribution in [3.05, 3.63) is 23.0 Å². The molecule has 1 atom stereocenters. The molecule has 7 rings (SSSR count). The highest BCUT2D eigenvalue weighted by molar-refractivity contribution is 5.85. The van der Waals surface area contributed by atoms with Crippen molar-refractivity contribution >= 4 is 23.5 Å². The summed E-state index contributed by atoms with van der Waals surface area (Å²) in [6, 6.07) is 2.03. The number of carbonyl (C=O) groups excluding carboxylic acids is 1. The molecule has 0 aromatic carbocycles. The molecule has 35 heavy (non-hydrogen) atoms. The minimum absolute atomic E-state index is 0.130. The van der Waals surface area contributed by atoms with E-state index in [-0.39, 0.29) is 11.9 Å². The quantitative estimate of drug-likeness (QED) is 0.664. The summed E-state index contributed by atoms with van der Waals surface area (Å²) < 4.78 is 0. The minimum Gasteiger partial charge on any atom is -0.341 e. The number of amides is 1. The molecule has 5 aliphatic rings. The first kappa shape index (κ1) is 21.6. The van der Waals surface area contributed by atoms with Gasteiger partial charge in [-0.2, -0.15) is 10.1 Å². The van der Waals surface area contributed by atoms with Gasteiger partial charge in [-0.1, -0.05) is 12.8 Å². The summed E-state index contributed by atoms with van der Waals surface area (Å²) in [4.78, 5) is 27.9. The number of hydrogen-bond donors (Lipinski definition) is 2. The molecule has 0 bridgehead atoms. The van der Waals surface area contributed by atoms with Crippen LogP contribution in [-0.4, -0.2) is 56.6 Å². The molecule has 0 radical (unpaired) electrons. The van der Waals surface area contributed by atoms with Crippen LogP contribution in [0.2, 0.25) is 0 Å². The maximum atomic E-state index is 13.6. The first-order valence-corrected chi connectivity index (χ1v) is 14.0. The number of aromatic amines is 1. The van der Waals surface area contributed by atoms with Gasteiger partial charge in [0.15, 0.2) is 5.82 Å². The van der Waals surface area contributed by atoms with Gasteiger partial charge in [-0.15, -0.1) is 0 Å². The first-order valence-electron chi connectivity index (χ1n) is 14.0. The Morgan fingerprint density at radius 3 is 2.60 bits per heavy atom. The van der Waals surface area contributed by atoms with Crippen LogP contribution in [0, 0.1) is 5.41 Å². The largest absolute Gasteiger partial charge is 0.341 e. The van der Waals surface area contributed by atoms with Crippen LogP contribution in [-0.2, 0) is 17.6 Å². The van der Waals surface area contributed by atoms with Crippen molar-refractivity contribution in [1.29, 1.82) is 0 Å². The number of fused-ring (bicyclic) bond motifs is 1. The van der Waals surface area contributed by atoms with Gasteiger partial charge in [0, 0.05) is 42.9 Å². The molecule has 1 spiro atoms. The minimum atomic E-state index is -0.130. The highest BCUT2D eigenvalue weighted by atomic mass is 16.2. The van der Waals surface area contributed by atoms with E-state index < -0.39 is 0 Å². The van der Waals surface area contributed by atoms with Gasteiger partial charge in [-0.3, -0.25) is 9.89 Å². The van der Waals surface area contributed by atoms with Crippen LogP contribution in [0.4, 0.5) is 17.6 Å². The topological polar surface area (TPSA) is 90.0 Å². The highest BCUT2D eigenvalue weighted by Crippen LogP contribution is 2.53. The third kappa shape index (κ3) is 3.99. The van der Waals surface area contributed by atoms with Gasteiger partial charge in [0.25, 0.3) is 0 Å². The number of aromatic nitrogens is 4. The summed E-state index contributed by atoms with van der Waals surface area (Å²) in [5, 5.41) is 11.3. The van der Waals surface area contributed by atoms with Crippen LogP contribution in [0.5, 0.6) is 0 Å². The van der Waals surface area contributed by atoms with Gasteiger partial charge < -0.3 is 15.1 Å². The molecule has 2 aromatic heterocycles. The second-order valence-electron chi connectivity index (χ2n) is 11.6. The fourth-order valence-electron chi connectivity index (χ4n) is 6.97. The van der Waals surface area contributed by atoms with Gasteiger partial charge >= 0.3 is 0 Å². The molecule has 2 N–H and O–H groups in total. The zero-order chi connectivity index (χ0) is 23.4. The summed E-state index contributed by atoms with van der Waals surface area (Å²) in [7, 11) is 0. The highest BCUT2D eigenvalue weighted by Gasteiger charge is 2.46. The van der Waals surface area contributed by atoms with Crippen molar-refractivity contribution in [2.24, 2.45) is 5.41 Å². The third-order valence-corrected chi connectivity index (χ3v) is 9.45. The molecule has 2 aromatic rings. The number of piperidine rings is 1. The molecule has 2 saturated heterocycles. The van der Waals surface area contributed by atoms with E-state index in [2.05, 4.69) is 31.4 Å². The summed E-state index contributed by atoms with van der Waals surface area (Å²) in [6.07, 6.45) is 15.2. The lowest BCUT2D eigenvalue weighted by atomic mass is 9.93. The zero-order valence-electron chi connectivity index (χ0n) is 20.7. The molecule has 8 nitrogen and oxygen atoms in total. The van der Waals surface area contributed by atoms with E-state index in [0.29, 0.717) is 17.3 Å².